The van der Waals surface area contributed by atoms with E-state index >= 15 is 0 Å². The fourth-order valence-corrected chi connectivity index (χ4v) is 2.18. The Morgan fingerprint density at radius 3 is 2.81 bits per heavy atom. The Balaban J connectivity index is 1.78. The van der Waals surface area contributed by atoms with Crippen LogP contribution >= 0.6 is 11.6 Å². The molecule has 1 aromatic heterocycles. The second kappa shape index (κ2) is 5.13. The predicted octanol–water partition coefficient (Wildman–Crippen LogP) is 0.975. The van der Waals surface area contributed by atoms with Crippen LogP contribution in [-0.4, -0.2) is 37.2 Å². The van der Waals surface area contributed by atoms with Crippen LogP contribution in [0, 0.1) is 11.8 Å². The molecule has 1 fully saturated rings. The molecule has 0 aliphatic heterocycles. The number of tetrazole rings is 1. The van der Waals surface area contributed by atoms with Crippen LogP contribution in [0.5, 0.6) is 0 Å². The molecule has 21 heavy (non-hydrogen) atoms. The number of rotatable bonds is 4. The van der Waals surface area contributed by atoms with E-state index in [0.717, 1.165) is 0 Å². The van der Waals surface area contributed by atoms with Gasteiger partial charge in [-0.25, -0.2) is 4.68 Å². The number of hydrogen-bond acceptors (Lipinski definition) is 5. The Kier molecular flexibility index (Phi) is 3.30. The van der Waals surface area contributed by atoms with E-state index < -0.39 is 17.8 Å². The molecule has 0 bridgehead atoms. The zero-order valence-corrected chi connectivity index (χ0v) is 11.4. The Morgan fingerprint density at radius 2 is 2.19 bits per heavy atom. The lowest BCUT2D eigenvalue weighted by Gasteiger charge is -2.08. The van der Waals surface area contributed by atoms with E-state index in [4.69, 9.17) is 16.7 Å². The molecular formula is C12H10ClN5O3. The summed E-state index contributed by atoms with van der Waals surface area (Å²) in [6.07, 6.45) is 1.77. The van der Waals surface area contributed by atoms with E-state index in [-0.39, 0.29) is 5.91 Å². The van der Waals surface area contributed by atoms with Gasteiger partial charge in [-0.3, -0.25) is 9.59 Å². The van der Waals surface area contributed by atoms with Gasteiger partial charge in [-0.15, -0.1) is 5.10 Å². The van der Waals surface area contributed by atoms with Gasteiger partial charge in [0.05, 0.1) is 28.2 Å². The van der Waals surface area contributed by atoms with E-state index in [1.807, 2.05) is 0 Å². The van der Waals surface area contributed by atoms with Crippen LogP contribution in [-0.2, 0) is 9.59 Å². The first kappa shape index (κ1) is 13.5. The molecule has 0 spiro atoms. The molecule has 108 valence electrons. The van der Waals surface area contributed by atoms with E-state index in [2.05, 4.69) is 20.8 Å². The van der Waals surface area contributed by atoms with Crippen molar-refractivity contribution < 1.29 is 14.7 Å². The number of hydrogen-bond donors (Lipinski definition) is 2. The summed E-state index contributed by atoms with van der Waals surface area (Å²) in [4.78, 5) is 22.7. The van der Waals surface area contributed by atoms with Gasteiger partial charge in [0, 0.05) is 0 Å². The molecule has 3 rings (SSSR count). The Bertz CT molecular complexity index is 703. The summed E-state index contributed by atoms with van der Waals surface area (Å²) >= 11 is 6.03. The van der Waals surface area contributed by atoms with Crippen molar-refractivity contribution in [1.29, 1.82) is 0 Å². The molecule has 1 heterocycles. The number of aliphatic carboxylic acids is 1. The lowest BCUT2D eigenvalue weighted by atomic mass is 10.2. The number of halogens is 1. The van der Waals surface area contributed by atoms with Crippen LogP contribution < -0.4 is 5.32 Å². The standard InChI is InChI=1S/C12H10ClN5O3/c13-9-2-1-6(18-5-14-16-17-18)3-10(9)15-11(19)7-4-8(7)12(20)21/h1-3,5,7-8H,4H2,(H,15,19)(H,20,21)/t7-,8+/m1/s1. The van der Waals surface area contributed by atoms with Crippen molar-refractivity contribution in [2.24, 2.45) is 11.8 Å². The van der Waals surface area contributed by atoms with Crippen molar-refractivity contribution in [3.63, 3.8) is 0 Å². The summed E-state index contributed by atoms with van der Waals surface area (Å²) in [5, 5.41) is 22.6. The van der Waals surface area contributed by atoms with Crippen molar-refractivity contribution in [3.05, 3.63) is 29.5 Å². The third kappa shape index (κ3) is 2.70. The van der Waals surface area contributed by atoms with Gasteiger partial charge in [0.1, 0.15) is 6.33 Å². The fraction of sp³-hybridized carbons (Fsp3) is 0.250. The second-order valence-corrected chi connectivity index (χ2v) is 5.10. The predicted molar refractivity (Wildman–Crippen MR) is 72.0 cm³/mol. The van der Waals surface area contributed by atoms with Crippen molar-refractivity contribution in [2.45, 2.75) is 6.42 Å². The maximum atomic E-state index is 12.0. The van der Waals surface area contributed by atoms with Crippen LogP contribution in [0.4, 0.5) is 5.69 Å². The lowest BCUT2D eigenvalue weighted by Crippen LogP contribution is -2.17. The van der Waals surface area contributed by atoms with Gasteiger partial charge in [-0.2, -0.15) is 0 Å². The van der Waals surface area contributed by atoms with Gasteiger partial charge in [0.15, 0.2) is 0 Å². The van der Waals surface area contributed by atoms with Gasteiger partial charge in [-0.05, 0) is 35.0 Å². The molecule has 1 amide bonds. The van der Waals surface area contributed by atoms with Crippen LogP contribution in [0.3, 0.4) is 0 Å². The van der Waals surface area contributed by atoms with Crippen LogP contribution in [0.2, 0.25) is 5.02 Å². The minimum atomic E-state index is -0.955. The van der Waals surface area contributed by atoms with Gasteiger partial charge < -0.3 is 10.4 Å². The monoisotopic (exact) mass is 307 g/mol. The average molecular weight is 308 g/mol. The maximum Gasteiger partial charge on any atom is 0.307 e. The van der Waals surface area contributed by atoms with Crippen LogP contribution in [0.1, 0.15) is 6.42 Å². The highest BCUT2D eigenvalue weighted by atomic mass is 35.5. The van der Waals surface area contributed by atoms with Gasteiger partial charge in [-0.1, -0.05) is 11.6 Å². The van der Waals surface area contributed by atoms with Gasteiger partial charge in [0.25, 0.3) is 0 Å². The Morgan fingerprint density at radius 1 is 1.38 bits per heavy atom. The lowest BCUT2D eigenvalue weighted by molar-refractivity contribution is -0.139. The first-order valence-electron chi connectivity index (χ1n) is 6.13. The average Bonchev–Trinajstić information content (AvgIpc) is 3.09. The molecule has 1 aliphatic carbocycles. The summed E-state index contributed by atoms with van der Waals surface area (Å²) < 4.78 is 1.42. The van der Waals surface area contributed by atoms with Crippen molar-refractivity contribution in [1.82, 2.24) is 20.2 Å². The largest absolute Gasteiger partial charge is 0.481 e. The molecule has 2 N–H and O–H groups in total. The number of nitrogens with one attached hydrogen (secondary N) is 1. The zero-order valence-electron chi connectivity index (χ0n) is 10.6. The summed E-state index contributed by atoms with van der Waals surface area (Å²) in [5.74, 6) is -2.41. The van der Waals surface area contributed by atoms with E-state index in [1.165, 1.54) is 11.0 Å². The first-order chi connectivity index (χ1) is 10.1. The first-order valence-corrected chi connectivity index (χ1v) is 6.50. The zero-order chi connectivity index (χ0) is 15.0. The molecule has 2 aromatic rings. The van der Waals surface area contributed by atoms with E-state index in [0.29, 0.717) is 22.8 Å². The highest BCUT2D eigenvalue weighted by Gasteiger charge is 2.48. The normalized spacial score (nSPS) is 20.0. The number of carboxylic acids is 1. The molecule has 1 saturated carbocycles. The van der Waals surface area contributed by atoms with Crippen molar-refractivity contribution in [3.8, 4) is 5.69 Å². The third-order valence-electron chi connectivity index (χ3n) is 3.27. The van der Waals surface area contributed by atoms with Crippen molar-refractivity contribution >= 4 is 29.2 Å². The van der Waals surface area contributed by atoms with E-state index in [1.54, 1.807) is 18.2 Å². The second-order valence-electron chi connectivity index (χ2n) is 4.69. The number of benzene rings is 1. The molecule has 0 saturated heterocycles. The number of anilines is 1. The summed E-state index contributed by atoms with van der Waals surface area (Å²) in [6.45, 7) is 0. The quantitative estimate of drug-likeness (QED) is 0.871. The van der Waals surface area contributed by atoms with Crippen LogP contribution in [0.25, 0.3) is 5.69 Å². The van der Waals surface area contributed by atoms with Gasteiger partial charge >= 0.3 is 5.97 Å². The van der Waals surface area contributed by atoms with E-state index in [9.17, 15) is 9.59 Å². The van der Waals surface area contributed by atoms with Gasteiger partial charge in [0.2, 0.25) is 5.91 Å². The fourth-order valence-electron chi connectivity index (χ4n) is 2.01. The summed E-state index contributed by atoms with van der Waals surface area (Å²) in [6, 6.07) is 4.93. The topological polar surface area (TPSA) is 110 Å². The number of amides is 1. The molecule has 8 nitrogen and oxygen atoms in total. The molecule has 0 unspecified atom stereocenters. The van der Waals surface area contributed by atoms with Crippen molar-refractivity contribution in [2.75, 3.05) is 5.32 Å². The molecular weight excluding hydrogens is 298 g/mol. The SMILES string of the molecule is O=C(O)[C@H]1C[C@H]1C(=O)Nc1cc(-n2cnnn2)ccc1Cl. The number of carbonyl (C=O) groups excluding carboxylic acids is 1. The highest BCUT2D eigenvalue weighted by molar-refractivity contribution is 6.33. The number of carboxylic acid groups (broad SMARTS) is 1. The highest BCUT2D eigenvalue weighted by Crippen LogP contribution is 2.40. The minimum absolute atomic E-state index is 0.349. The molecule has 9 heteroatoms. The molecule has 0 radical (unpaired) electrons. The number of aromatic nitrogens is 4. The Labute approximate surface area is 123 Å². The summed E-state index contributed by atoms with van der Waals surface area (Å²) in [5.41, 5.74) is 1.02. The molecule has 2 atom stereocenters. The maximum absolute atomic E-state index is 12.0. The molecule has 1 aliphatic rings. The number of carbonyl (C=O) groups is 2. The smallest absolute Gasteiger partial charge is 0.307 e. The van der Waals surface area contributed by atoms with Crippen LogP contribution in [0.15, 0.2) is 24.5 Å². The third-order valence-corrected chi connectivity index (χ3v) is 3.60. The summed E-state index contributed by atoms with van der Waals surface area (Å²) in [7, 11) is 0. The minimum Gasteiger partial charge on any atom is -0.481 e. The Hall–Kier alpha value is -2.48. The molecule has 1 aromatic carbocycles. The number of nitrogens with zero attached hydrogens (tertiary/aromatic N) is 4.